The van der Waals surface area contributed by atoms with Crippen LogP contribution in [0.1, 0.15) is 65.7 Å². The number of unbranched alkanes of at least 4 members (excludes halogenated alkanes) is 6. The summed E-state index contributed by atoms with van der Waals surface area (Å²) in [5.74, 6) is 0.395. The monoisotopic (exact) mass is 210 g/mol. The molecular weight excluding hydrogens is 184 g/mol. The quantitative estimate of drug-likeness (QED) is 0.404. The van der Waals surface area contributed by atoms with Gasteiger partial charge in [0.1, 0.15) is 0 Å². The van der Waals surface area contributed by atoms with Gasteiger partial charge in [-0.3, -0.25) is 4.79 Å². The molecule has 0 rings (SSSR count). The molecule has 0 heterocycles. The smallest absolute Gasteiger partial charge is 0.157 e. The third kappa shape index (κ3) is 9.71. The topological polar surface area (TPSA) is 17.1 Å². The molecular formula is C14H26O. The Kier molecular flexibility index (Phi) is 9.55. The molecule has 0 aromatic heterocycles. The van der Waals surface area contributed by atoms with Crippen molar-refractivity contribution in [1.82, 2.24) is 0 Å². The molecule has 0 aliphatic carbocycles. The molecule has 0 radical (unpaired) electrons. The van der Waals surface area contributed by atoms with Gasteiger partial charge in [0.15, 0.2) is 5.78 Å². The Morgan fingerprint density at radius 1 is 1.07 bits per heavy atom. The van der Waals surface area contributed by atoms with Gasteiger partial charge >= 0.3 is 0 Å². The summed E-state index contributed by atoms with van der Waals surface area (Å²) in [7, 11) is 0. The third-order valence-corrected chi connectivity index (χ3v) is 2.58. The van der Waals surface area contributed by atoms with Crippen molar-refractivity contribution in [2.75, 3.05) is 0 Å². The molecule has 1 heteroatoms. The van der Waals surface area contributed by atoms with Gasteiger partial charge in [0, 0.05) is 5.92 Å². The fourth-order valence-electron chi connectivity index (χ4n) is 1.43. The maximum Gasteiger partial charge on any atom is 0.157 e. The maximum absolute atomic E-state index is 11.2. The Morgan fingerprint density at radius 3 is 2.27 bits per heavy atom. The van der Waals surface area contributed by atoms with Crippen LogP contribution in [0, 0.1) is 5.92 Å². The molecule has 0 aromatic rings. The Bertz CT molecular complexity index is 180. The maximum atomic E-state index is 11.2. The predicted octanol–water partition coefficient (Wildman–Crippen LogP) is 4.52. The van der Waals surface area contributed by atoms with Crippen LogP contribution in [0.5, 0.6) is 0 Å². The third-order valence-electron chi connectivity index (χ3n) is 2.58. The molecule has 0 aromatic carbocycles. The molecule has 0 unspecified atom stereocenters. The summed E-state index contributed by atoms with van der Waals surface area (Å²) in [5, 5.41) is 0. The van der Waals surface area contributed by atoms with Gasteiger partial charge in [0.25, 0.3) is 0 Å². The van der Waals surface area contributed by atoms with E-state index < -0.39 is 0 Å². The van der Waals surface area contributed by atoms with E-state index in [-0.39, 0.29) is 11.7 Å². The second-order valence-corrected chi connectivity index (χ2v) is 4.52. The lowest BCUT2D eigenvalue weighted by Gasteiger charge is -1.98. The summed E-state index contributed by atoms with van der Waals surface area (Å²) < 4.78 is 0. The largest absolute Gasteiger partial charge is 0.295 e. The molecule has 0 amide bonds. The lowest BCUT2D eigenvalue weighted by Crippen LogP contribution is -2.01. The van der Waals surface area contributed by atoms with Crippen LogP contribution in [0.2, 0.25) is 0 Å². The van der Waals surface area contributed by atoms with Crippen LogP contribution >= 0.6 is 0 Å². The van der Waals surface area contributed by atoms with Crippen molar-refractivity contribution in [2.45, 2.75) is 65.7 Å². The number of hydrogen-bond acceptors (Lipinski definition) is 1. The minimum absolute atomic E-state index is 0.144. The van der Waals surface area contributed by atoms with Gasteiger partial charge in [-0.25, -0.2) is 0 Å². The Hall–Kier alpha value is -0.590. The normalized spacial score (nSPS) is 11.5. The van der Waals surface area contributed by atoms with Gasteiger partial charge in [-0.15, -0.1) is 0 Å². The summed E-state index contributed by atoms with van der Waals surface area (Å²) in [5.41, 5.74) is 0. The molecule has 0 saturated heterocycles. The Labute approximate surface area is 95.0 Å². The van der Waals surface area contributed by atoms with Crippen LogP contribution in [-0.2, 0) is 4.79 Å². The highest BCUT2D eigenvalue weighted by molar-refractivity contribution is 5.91. The van der Waals surface area contributed by atoms with E-state index in [1.807, 2.05) is 19.9 Å². The highest BCUT2D eigenvalue weighted by atomic mass is 16.1. The first-order valence-corrected chi connectivity index (χ1v) is 6.38. The van der Waals surface area contributed by atoms with E-state index >= 15 is 0 Å². The molecule has 1 nitrogen and oxygen atoms in total. The van der Waals surface area contributed by atoms with Gasteiger partial charge < -0.3 is 0 Å². The van der Waals surface area contributed by atoms with Gasteiger partial charge in [0.05, 0.1) is 0 Å². The highest BCUT2D eigenvalue weighted by Crippen LogP contribution is 2.07. The van der Waals surface area contributed by atoms with E-state index in [0.29, 0.717) is 0 Å². The second-order valence-electron chi connectivity index (χ2n) is 4.52. The molecule has 15 heavy (non-hydrogen) atoms. The van der Waals surface area contributed by atoms with E-state index in [1.54, 1.807) is 6.08 Å². The lowest BCUT2D eigenvalue weighted by molar-refractivity contribution is -0.117. The van der Waals surface area contributed by atoms with Gasteiger partial charge in [0.2, 0.25) is 0 Å². The Balaban J connectivity index is 3.27. The van der Waals surface area contributed by atoms with Gasteiger partial charge in [-0.2, -0.15) is 0 Å². The van der Waals surface area contributed by atoms with Gasteiger partial charge in [-0.1, -0.05) is 59.0 Å². The molecule has 0 fully saturated rings. The van der Waals surface area contributed by atoms with E-state index in [4.69, 9.17) is 0 Å². The first-order chi connectivity index (χ1) is 7.18. The van der Waals surface area contributed by atoms with Crippen LogP contribution in [0.15, 0.2) is 12.2 Å². The molecule has 0 N–H and O–H groups in total. The molecule has 88 valence electrons. The second kappa shape index (κ2) is 9.95. The summed E-state index contributed by atoms with van der Waals surface area (Å²) >= 11 is 0. The summed E-state index contributed by atoms with van der Waals surface area (Å²) in [6.07, 6.45) is 12.8. The Morgan fingerprint density at radius 2 is 1.67 bits per heavy atom. The highest BCUT2D eigenvalue weighted by Gasteiger charge is 2.00. The summed E-state index contributed by atoms with van der Waals surface area (Å²) in [4.78, 5) is 11.2. The fourth-order valence-corrected chi connectivity index (χ4v) is 1.43. The summed E-state index contributed by atoms with van der Waals surface area (Å²) in [6, 6.07) is 0. The van der Waals surface area contributed by atoms with Crippen LogP contribution in [0.25, 0.3) is 0 Å². The predicted molar refractivity (Wildman–Crippen MR) is 67.0 cm³/mol. The first kappa shape index (κ1) is 14.4. The number of hydrogen-bond donors (Lipinski definition) is 0. The van der Waals surface area contributed by atoms with Gasteiger partial charge in [-0.05, 0) is 18.9 Å². The minimum Gasteiger partial charge on any atom is -0.295 e. The van der Waals surface area contributed by atoms with Crippen molar-refractivity contribution in [3.05, 3.63) is 12.2 Å². The van der Waals surface area contributed by atoms with Crippen molar-refractivity contribution in [3.8, 4) is 0 Å². The zero-order chi connectivity index (χ0) is 11.5. The van der Waals surface area contributed by atoms with Crippen molar-refractivity contribution in [1.29, 1.82) is 0 Å². The van der Waals surface area contributed by atoms with E-state index in [0.717, 1.165) is 6.42 Å². The standard InChI is InChI=1S/C14H26O/c1-4-5-6-7-8-9-10-11-12-14(15)13(2)3/h11-13H,4-10H2,1-3H3. The van der Waals surface area contributed by atoms with E-state index in [1.165, 1.54) is 38.5 Å². The number of rotatable bonds is 9. The SMILES string of the molecule is CCCCCCCCC=CC(=O)C(C)C. The van der Waals surface area contributed by atoms with Crippen molar-refractivity contribution in [3.63, 3.8) is 0 Å². The van der Waals surface area contributed by atoms with Crippen molar-refractivity contribution < 1.29 is 4.79 Å². The number of carbonyl (C=O) groups excluding carboxylic acids is 1. The fraction of sp³-hybridized carbons (Fsp3) is 0.786. The average molecular weight is 210 g/mol. The van der Waals surface area contributed by atoms with Crippen molar-refractivity contribution >= 4 is 5.78 Å². The van der Waals surface area contributed by atoms with Crippen LogP contribution in [-0.4, -0.2) is 5.78 Å². The zero-order valence-corrected chi connectivity index (χ0v) is 10.6. The zero-order valence-electron chi connectivity index (χ0n) is 10.6. The number of carbonyl (C=O) groups is 1. The first-order valence-electron chi connectivity index (χ1n) is 6.38. The molecule has 0 bridgehead atoms. The lowest BCUT2D eigenvalue weighted by atomic mass is 10.1. The molecule has 0 saturated carbocycles. The average Bonchev–Trinajstić information content (AvgIpc) is 2.21. The summed E-state index contributed by atoms with van der Waals surface area (Å²) in [6.45, 7) is 6.12. The number of allylic oxidation sites excluding steroid dienone is 2. The molecule has 0 aliphatic rings. The van der Waals surface area contributed by atoms with Crippen LogP contribution < -0.4 is 0 Å². The molecule has 0 atom stereocenters. The van der Waals surface area contributed by atoms with Crippen LogP contribution in [0.3, 0.4) is 0 Å². The molecule has 0 spiro atoms. The van der Waals surface area contributed by atoms with E-state index in [9.17, 15) is 4.79 Å². The molecule has 0 aliphatic heterocycles. The van der Waals surface area contributed by atoms with Crippen molar-refractivity contribution in [2.24, 2.45) is 5.92 Å². The van der Waals surface area contributed by atoms with Crippen LogP contribution in [0.4, 0.5) is 0 Å². The van der Waals surface area contributed by atoms with E-state index in [2.05, 4.69) is 6.92 Å². The number of ketones is 1. The minimum atomic E-state index is 0.144.